The maximum Gasteiger partial charge on any atom is 0.255 e. The van der Waals surface area contributed by atoms with Gasteiger partial charge in [0.05, 0.1) is 0 Å². The van der Waals surface area contributed by atoms with E-state index < -0.39 is 6.04 Å². The molecule has 9 nitrogen and oxygen atoms in total. The van der Waals surface area contributed by atoms with Gasteiger partial charge in [0.2, 0.25) is 11.8 Å². The van der Waals surface area contributed by atoms with Gasteiger partial charge in [-0.1, -0.05) is 61.0 Å². The third kappa shape index (κ3) is 6.90. The molecule has 4 N–H and O–H groups in total. The molecular formula is C32H31N5O4S. The fourth-order valence-electron chi connectivity index (χ4n) is 5.01. The molecule has 1 atom stereocenters. The predicted molar refractivity (Wildman–Crippen MR) is 163 cm³/mol. The molecule has 214 valence electrons. The molecule has 4 aromatic rings. The number of carbonyl (C=O) groups excluding carboxylic acids is 4. The molecule has 1 aromatic heterocycles. The van der Waals surface area contributed by atoms with Crippen LogP contribution in [0.3, 0.4) is 0 Å². The van der Waals surface area contributed by atoms with Crippen molar-refractivity contribution >= 4 is 45.8 Å². The Balaban J connectivity index is 1.27. The van der Waals surface area contributed by atoms with Crippen molar-refractivity contribution in [3.05, 3.63) is 101 Å². The lowest BCUT2D eigenvalue weighted by Crippen LogP contribution is -2.37. The summed E-state index contributed by atoms with van der Waals surface area (Å²) in [7, 11) is 0. The second-order valence-electron chi connectivity index (χ2n) is 10.1. The maximum atomic E-state index is 13.7. The number of nitrogens with two attached hydrogens (primary N) is 1. The molecule has 1 aliphatic rings. The lowest BCUT2D eigenvalue weighted by molar-refractivity contribution is -0.121. The van der Waals surface area contributed by atoms with Crippen molar-refractivity contribution in [2.24, 2.45) is 5.73 Å². The van der Waals surface area contributed by atoms with Gasteiger partial charge in [0, 0.05) is 42.2 Å². The Labute approximate surface area is 247 Å². The van der Waals surface area contributed by atoms with Crippen LogP contribution in [0.15, 0.2) is 84.4 Å². The molecule has 0 fully saturated rings. The Bertz CT molecular complexity index is 1570. The molecule has 0 saturated heterocycles. The topological polar surface area (TPSA) is 134 Å². The molecule has 1 aliphatic heterocycles. The van der Waals surface area contributed by atoms with Gasteiger partial charge in [-0.3, -0.25) is 24.5 Å². The number of rotatable bonds is 12. The Morgan fingerprint density at radius 1 is 0.905 bits per heavy atom. The highest BCUT2D eigenvalue weighted by Crippen LogP contribution is 2.35. The predicted octanol–water partition coefficient (Wildman–Crippen LogP) is 5.52. The summed E-state index contributed by atoms with van der Waals surface area (Å²) in [6, 6.07) is 21.7. The monoisotopic (exact) mass is 581 g/mol. The van der Waals surface area contributed by atoms with E-state index in [1.54, 1.807) is 16.5 Å². The van der Waals surface area contributed by atoms with Crippen molar-refractivity contribution in [2.45, 2.75) is 44.7 Å². The van der Waals surface area contributed by atoms with Gasteiger partial charge in [-0.05, 0) is 53.3 Å². The van der Waals surface area contributed by atoms with Crippen LogP contribution in [-0.2, 0) is 20.9 Å². The van der Waals surface area contributed by atoms with Crippen LogP contribution in [0.1, 0.15) is 59.6 Å². The summed E-state index contributed by atoms with van der Waals surface area (Å²) < 4.78 is 0. The molecule has 4 amide bonds. The van der Waals surface area contributed by atoms with Gasteiger partial charge < -0.3 is 16.0 Å². The van der Waals surface area contributed by atoms with Crippen molar-refractivity contribution in [3.8, 4) is 11.1 Å². The molecule has 2 heterocycles. The van der Waals surface area contributed by atoms with Crippen LogP contribution >= 0.6 is 11.3 Å². The number of nitrogens with zero attached hydrogens (tertiary/aromatic N) is 2. The number of nitrogens with one attached hydrogen (secondary N) is 2. The Morgan fingerprint density at radius 2 is 1.64 bits per heavy atom. The average Bonchev–Trinajstić information content (AvgIpc) is 3.61. The molecule has 42 heavy (non-hydrogen) atoms. The van der Waals surface area contributed by atoms with Crippen molar-refractivity contribution < 1.29 is 19.2 Å². The number of fused-ring (bicyclic) bond motifs is 1. The third-order valence-electron chi connectivity index (χ3n) is 7.11. The zero-order valence-corrected chi connectivity index (χ0v) is 23.7. The van der Waals surface area contributed by atoms with Crippen LogP contribution in [0.25, 0.3) is 11.1 Å². The van der Waals surface area contributed by atoms with E-state index in [0.29, 0.717) is 48.6 Å². The van der Waals surface area contributed by atoms with Crippen molar-refractivity contribution in [1.82, 2.24) is 9.88 Å². The number of hydrogen-bond donors (Lipinski definition) is 3. The fourth-order valence-corrected chi connectivity index (χ4v) is 5.54. The second-order valence-corrected chi connectivity index (χ2v) is 11.0. The van der Waals surface area contributed by atoms with Crippen molar-refractivity contribution in [3.63, 3.8) is 0 Å². The van der Waals surface area contributed by atoms with E-state index in [2.05, 4.69) is 15.6 Å². The number of carbonyl (C=O) groups is 4. The molecule has 3 aromatic carbocycles. The van der Waals surface area contributed by atoms with Crippen LogP contribution in [-0.4, -0.2) is 33.5 Å². The highest BCUT2D eigenvalue weighted by Gasteiger charge is 2.37. The van der Waals surface area contributed by atoms with Gasteiger partial charge in [0.1, 0.15) is 6.04 Å². The van der Waals surface area contributed by atoms with Crippen LogP contribution in [0.5, 0.6) is 0 Å². The van der Waals surface area contributed by atoms with E-state index in [0.717, 1.165) is 28.7 Å². The summed E-state index contributed by atoms with van der Waals surface area (Å²) in [6.07, 6.45) is 4.47. The van der Waals surface area contributed by atoms with E-state index in [-0.39, 0.29) is 23.6 Å². The van der Waals surface area contributed by atoms with Crippen LogP contribution in [0.2, 0.25) is 0 Å². The van der Waals surface area contributed by atoms with Gasteiger partial charge in [0.15, 0.2) is 5.13 Å². The first-order valence-electron chi connectivity index (χ1n) is 13.8. The largest absolute Gasteiger partial charge is 0.370 e. The number of unbranched alkanes of at least 4 members (excludes halogenated alkanes) is 2. The summed E-state index contributed by atoms with van der Waals surface area (Å²) in [5, 5.41) is 8.00. The summed E-state index contributed by atoms with van der Waals surface area (Å²) in [4.78, 5) is 56.0. The number of aromatic nitrogens is 1. The van der Waals surface area contributed by atoms with E-state index in [4.69, 9.17) is 5.73 Å². The molecule has 5 rings (SSSR count). The maximum absolute atomic E-state index is 13.7. The van der Waals surface area contributed by atoms with Crippen LogP contribution < -0.4 is 16.4 Å². The number of benzene rings is 3. The normalized spacial score (nSPS) is 13.0. The zero-order valence-electron chi connectivity index (χ0n) is 22.9. The summed E-state index contributed by atoms with van der Waals surface area (Å²) in [5.74, 6) is -0.941. The second kappa shape index (κ2) is 13.2. The van der Waals surface area contributed by atoms with Gasteiger partial charge in [-0.2, -0.15) is 0 Å². The van der Waals surface area contributed by atoms with Gasteiger partial charge in [-0.25, -0.2) is 4.98 Å². The smallest absolute Gasteiger partial charge is 0.255 e. The summed E-state index contributed by atoms with van der Waals surface area (Å²) in [5.41, 5.74) is 9.71. The average molecular weight is 582 g/mol. The molecular weight excluding hydrogens is 550 g/mol. The van der Waals surface area contributed by atoms with Crippen LogP contribution in [0.4, 0.5) is 10.8 Å². The Kier molecular flexibility index (Phi) is 9.03. The van der Waals surface area contributed by atoms with E-state index in [1.807, 2.05) is 72.8 Å². The molecule has 0 spiro atoms. The lowest BCUT2D eigenvalue weighted by Gasteiger charge is -2.27. The standard InChI is InChI=1S/C32H31N5O4S/c33-27(38)9-5-2-6-10-28(39)35-25-15-13-21(14-16-25)23-11-12-24-20-37(31(41)26(24)19-23)29(22-7-3-1-4-8-22)30(40)36-32-34-17-18-42-32/h1,3-4,7-8,11-19,29H,2,5-6,9-10,20H2,(H2,33,38)(H,35,39)(H,34,36,40). The molecule has 0 bridgehead atoms. The molecule has 10 heteroatoms. The van der Waals surface area contributed by atoms with E-state index >= 15 is 0 Å². The van der Waals surface area contributed by atoms with E-state index in [9.17, 15) is 19.2 Å². The lowest BCUT2D eigenvalue weighted by atomic mass is 10.00. The van der Waals surface area contributed by atoms with Crippen molar-refractivity contribution in [1.29, 1.82) is 0 Å². The van der Waals surface area contributed by atoms with E-state index in [1.165, 1.54) is 11.3 Å². The van der Waals surface area contributed by atoms with Gasteiger partial charge in [-0.15, -0.1) is 11.3 Å². The number of hydrogen-bond acceptors (Lipinski definition) is 6. The van der Waals surface area contributed by atoms with Crippen molar-refractivity contribution in [2.75, 3.05) is 10.6 Å². The molecule has 0 saturated carbocycles. The molecule has 0 aliphatic carbocycles. The minimum absolute atomic E-state index is 0.0862. The third-order valence-corrected chi connectivity index (χ3v) is 7.80. The minimum Gasteiger partial charge on any atom is -0.370 e. The quantitative estimate of drug-likeness (QED) is 0.189. The fraction of sp³-hybridized carbons (Fsp3) is 0.219. The Morgan fingerprint density at radius 3 is 2.36 bits per heavy atom. The molecule has 0 radical (unpaired) electrons. The summed E-state index contributed by atoms with van der Waals surface area (Å²) >= 11 is 1.32. The number of thiazole rings is 1. The van der Waals surface area contributed by atoms with Gasteiger partial charge >= 0.3 is 0 Å². The number of primary amides is 1. The highest BCUT2D eigenvalue weighted by atomic mass is 32.1. The Hall–Kier alpha value is -4.83. The minimum atomic E-state index is -0.815. The number of amides is 4. The van der Waals surface area contributed by atoms with Gasteiger partial charge in [0.25, 0.3) is 11.8 Å². The SMILES string of the molecule is NC(=O)CCCCCC(=O)Nc1ccc(-c2ccc3c(c2)C(=O)N(C(C(=O)Nc2nccs2)c2ccccc2)C3)cc1. The van der Waals surface area contributed by atoms with Crippen LogP contribution in [0, 0.1) is 0 Å². The number of anilines is 2. The first-order valence-corrected chi connectivity index (χ1v) is 14.6. The first kappa shape index (κ1) is 28.7. The summed E-state index contributed by atoms with van der Waals surface area (Å²) in [6.45, 7) is 0.312. The first-order chi connectivity index (χ1) is 20.4. The highest BCUT2D eigenvalue weighted by molar-refractivity contribution is 7.13. The molecule has 1 unspecified atom stereocenters. The zero-order chi connectivity index (χ0) is 29.5.